The van der Waals surface area contributed by atoms with E-state index in [-0.39, 0.29) is 49.1 Å². The number of hydrogen-bond donors (Lipinski definition) is 0. The first-order valence-electron chi connectivity index (χ1n) is 15.4. The van der Waals surface area contributed by atoms with E-state index in [2.05, 4.69) is 36.4 Å². The summed E-state index contributed by atoms with van der Waals surface area (Å²) in [6.07, 6.45) is 14.3. The molecule has 42 heavy (non-hydrogen) atoms. The molecule has 2 saturated heterocycles. The van der Waals surface area contributed by atoms with Crippen molar-refractivity contribution in [2.24, 2.45) is 11.8 Å². The zero-order chi connectivity index (χ0) is 28.5. The number of carbonyl (C=O) groups is 2. The average molecular weight is 571 g/mol. The normalized spacial score (nSPS) is 26.6. The molecule has 0 aromatic heterocycles. The molecule has 8 nitrogen and oxygen atoms in total. The topological polar surface area (TPSA) is 77.5 Å². The maximum absolute atomic E-state index is 13.2. The Balaban J connectivity index is 1.24. The van der Waals surface area contributed by atoms with Gasteiger partial charge in [0.2, 0.25) is 25.4 Å². The number of carbonyl (C=O) groups excluding carboxylic acids is 2. The van der Waals surface area contributed by atoms with Gasteiger partial charge in [0.25, 0.3) is 0 Å². The van der Waals surface area contributed by atoms with Crippen molar-refractivity contribution in [2.75, 3.05) is 39.8 Å². The molecule has 2 amide bonds. The van der Waals surface area contributed by atoms with Crippen molar-refractivity contribution in [2.45, 2.75) is 50.4 Å². The third-order valence-corrected chi connectivity index (χ3v) is 9.48. The van der Waals surface area contributed by atoms with Crippen LogP contribution in [0.4, 0.5) is 0 Å². The van der Waals surface area contributed by atoms with Crippen molar-refractivity contribution in [3.8, 4) is 23.0 Å². The lowest BCUT2D eigenvalue weighted by Crippen LogP contribution is -2.42. The van der Waals surface area contributed by atoms with Gasteiger partial charge in [0.15, 0.2) is 23.0 Å². The van der Waals surface area contributed by atoms with E-state index in [1.807, 2.05) is 21.9 Å². The number of allylic oxidation sites excluding steroid dienone is 2. The van der Waals surface area contributed by atoms with Gasteiger partial charge in [0.05, 0.1) is 0 Å². The smallest absolute Gasteiger partial charge is 0.246 e. The summed E-state index contributed by atoms with van der Waals surface area (Å²) in [5.74, 6) is 3.24. The van der Waals surface area contributed by atoms with Gasteiger partial charge < -0.3 is 28.7 Å². The van der Waals surface area contributed by atoms with Crippen LogP contribution in [0.1, 0.15) is 61.5 Å². The van der Waals surface area contributed by atoms with E-state index in [0.717, 1.165) is 86.0 Å². The second kappa shape index (κ2) is 11.7. The van der Waals surface area contributed by atoms with Crippen LogP contribution in [0.15, 0.2) is 60.7 Å². The van der Waals surface area contributed by atoms with Gasteiger partial charge in [0, 0.05) is 26.2 Å². The molecular formula is C34H38N2O6. The average Bonchev–Trinajstić information content (AvgIpc) is 3.70. The quantitative estimate of drug-likeness (QED) is 0.433. The van der Waals surface area contributed by atoms with E-state index in [9.17, 15) is 9.59 Å². The van der Waals surface area contributed by atoms with Crippen LogP contribution in [0.2, 0.25) is 0 Å². The van der Waals surface area contributed by atoms with Crippen LogP contribution in [-0.2, 0) is 9.59 Å². The zero-order valence-electron chi connectivity index (χ0n) is 23.9. The molecule has 4 aliphatic heterocycles. The Morgan fingerprint density at radius 1 is 0.571 bits per heavy atom. The van der Waals surface area contributed by atoms with E-state index in [1.165, 1.54) is 12.8 Å². The van der Waals surface area contributed by atoms with Crippen LogP contribution in [-0.4, -0.2) is 61.4 Å². The highest BCUT2D eigenvalue weighted by molar-refractivity contribution is 5.88. The molecule has 2 aromatic carbocycles. The summed E-state index contributed by atoms with van der Waals surface area (Å²) in [7, 11) is 0. The Labute approximate surface area is 246 Å². The van der Waals surface area contributed by atoms with Gasteiger partial charge in [-0.2, -0.15) is 0 Å². The number of rotatable bonds is 6. The van der Waals surface area contributed by atoms with Crippen LogP contribution in [0.25, 0.3) is 0 Å². The molecular weight excluding hydrogens is 532 g/mol. The molecule has 0 spiro atoms. The molecule has 0 N–H and O–H groups in total. The van der Waals surface area contributed by atoms with Gasteiger partial charge >= 0.3 is 0 Å². The van der Waals surface area contributed by atoms with Gasteiger partial charge in [-0.3, -0.25) is 9.59 Å². The minimum Gasteiger partial charge on any atom is -0.454 e. The van der Waals surface area contributed by atoms with E-state index in [1.54, 1.807) is 12.2 Å². The molecule has 7 rings (SSSR count). The van der Waals surface area contributed by atoms with E-state index in [0.29, 0.717) is 0 Å². The first-order chi connectivity index (χ1) is 20.7. The lowest BCUT2D eigenvalue weighted by atomic mass is 9.52. The van der Waals surface area contributed by atoms with Crippen molar-refractivity contribution < 1.29 is 28.5 Å². The number of amides is 2. The fourth-order valence-electron chi connectivity index (χ4n) is 7.25. The summed E-state index contributed by atoms with van der Waals surface area (Å²) in [5, 5.41) is 0. The summed E-state index contributed by atoms with van der Waals surface area (Å²) in [6.45, 7) is 3.68. The van der Waals surface area contributed by atoms with Crippen LogP contribution in [0, 0.1) is 11.8 Å². The molecule has 2 aromatic rings. The molecule has 4 heterocycles. The number of benzene rings is 2. The summed E-state index contributed by atoms with van der Waals surface area (Å²) in [6, 6.07) is 12.2. The summed E-state index contributed by atoms with van der Waals surface area (Å²) >= 11 is 0. The molecule has 3 fully saturated rings. The maximum Gasteiger partial charge on any atom is 0.246 e. The standard InChI is InChI=1S/C34H38N2O6/c37-31(35-15-3-1-4-16-35)13-9-25-33(23-7-11-27-29(19-23)41-21-39-27)26(10-14-32(38)36-17-5-2-6-18-36)34(25)24-8-12-28-30(20-24)42-22-40-28/h7-14,19-20,25-26,33-34H,1-6,15-18,21-22H2. The maximum atomic E-state index is 13.2. The first-order valence-corrected chi connectivity index (χ1v) is 15.4. The van der Waals surface area contributed by atoms with E-state index in [4.69, 9.17) is 18.9 Å². The first kappa shape index (κ1) is 26.9. The molecule has 220 valence electrons. The van der Waals surface area contributed by atoms with Crippen LogP contribution in [0.5, 0.6) is 23.0 Å². The Hall–Kier alpha value is -3.94. The summed E-state index contributed by atoms with van der Waals surface area (Å²) in [5.41, 5.74) is 2.22. The molecule has 1 aliphatic carbocycles. The highest BCUT2D eigenvalue weighted by atomic mass is 16.7. The molecule has 0 atom stereocenters. The van der Waals surface area contributed by atoms with Gasteiger partial charge in [0.1, 0.15) is 0 Å². The minimum atomic E-state index is 0.0271. The van der Waals surface area contributed by atoms with Crippen LogP contribution >= 0.6 is 0 Å². The Bertz CT molecular complexity index is 1280. The molecule has 0 bridgehead atoms. The summed E-state index contributed by atoms with van der Waals surface area (Å²) in [4.78, 5) is 30.3. The van der Waals surface area contributed by atoms with Crippen LogP contribution in [0.3, 0.4) is 0 Å². The predicted octanol–water partition coefficient (Wildman–Crippen LogP) is 5.39. The number of piperidine rings is 2. The molecule has 5 aliphatic rings. The Morgan fingerprint density at radius 3 is 1.40 bits per heavy atom. The monoisotopic (exact) mass is 570 g/mol. The fraction of sp³-hybridized carbons (Fsp3) is 0.471. The van der Waals surface area contributed by atoms with Gasteiger partial charge in [-0.25, -0.2) is 0 Å². The number of ether oxygens (including phenoxy) is 4. The number of likely N-dealkylation sites (tertiary alicyclic amines) is 2. The van der Waals surface area contributed by atoms with E-state index < -0.39 is 0 Å². The molecule has 0 radical (unpaired) electrons. The summed E-state index contributed by atoms with van der Waals surface area (Å²) < 4.78 is 22.6. The lowest BCUT2D eigenvalue weighted by molar-refractivity contribution is -0.127. The van der Waals surface area contributed by atoms with Crippen molar-refractivity contribution in [1.82, 2.24) is 9.80 Å². The Morgan fingerprint density at radius 2 is 0.976 bits per heavy atom. The second-order valence-electron chi connectivity index (χ2n) is 11.9. The van der Waals surface area contributed by atoms with Crippen molar-refractivity contribution in [3.63, 3.8) is 0 Å². The molecule has 0 unspecified atom stereocenters. The fourth-order valence-corrected chi connectivity index (χ4v) is 7.25. The zero-order valence-corrected chi connectivity index (χ0v) is 23.9. The number of fused-ring (bicyclic) bond motifs is 2. The third-order valence-electron chi connectivity index (χ3n) is 9.48. The Kier molecular flexibility index (Phi) is 7.53. The van der Waals surface area contributed by atoms with Crippen molar-refractivity contribution in [1.29, 1.82) is 0 Å². The van der Waals surface area contributed by atoms with E-state index >= 15 is 0 Å². The largest absolute Gasteiger partial charge is 0.454 e. The van der Waals surface area contributed by atoms with Gasteiger partial charge in [-0.05, 0) is 110 Å². The molecule has 8 heteroatoms. The predicted molar refractivity (Wildman–Crippen MR) is 157 cm³/mol. The highest BCUT2D eigenvalue weighted by Gasteiger charge is 2.50. The van der Waals surface area contributed by atoms with Gasteiger partial charge in [-0.1, -0.05) is 24.3 Å². The van der Waals surface area contributed by atoms with Crippen molar-refractivity contribution >= 4 is 11.8 Å². The van der Waals surface area contributed by atoms with Crippen molar-refractivity contribution in [3.05, 3.63) is 71.8 Å². The minimum absolute atomic E-state index is 0.0271. The third kappa shape index (κ3) is 5.23. The highest BCUT2D eigenvalue weighted by Crippen LogP contribution is 2.60. The second-order valence-corrected chi connectivity index (χ2v) is 11.9. The lowest BCUT2D eigenvalue weighted by Gasteiger charge is -2.51. The number of nitrogens with zero attached hydrogens (tertiary/aromatic N) is 2. The molecule has 1 saturated carbocycles. The van der Waals surface area contributed by atoms with Crippen LogP contribution < -0.4 is 18.9 Å². The SMILES string of the molecule is O=C(C=CC1C(c2ccc3c(c2)OCO3)C(C=CC(=O)N2CCCCC2)C1c1ccc2c(c1)OCO2)N1CCCCC1. The number of hydrogen-bond acceptors (Lipinski definition) is 6. The van der Waals surface area contributed by atoms with Gasteiger partial charge in [-0.15, -0.1) is 0 Å².